The molecule has 1 aromatic carbocycles. The monoisotopic (exact) mass is 236 g/mol. The molecule has 17 heavy (non-hydrogen) atoms. The first-order valence-electron chi connectivity index (χ1n) is 6.33. The van der Waals surface area contributed by atoms with Crippen LogP contribution in [0.3, 0.4) is 0 Å². The lowest BCUT2D eigenvalue weighted by Crippen LogP contribution is -2.28. The summed E-state index contributed by atoms with van der Waals surface area (Å²) in [6.07, 6.45) is 3.96. The molecule has 3 nitrogen and oxygen atoms in total. The van der Waals surface area contributed by atoms with Gasteiger partial charge in [0.25, 0.3) is 0 Å². The number of aliphatic hydroxyl groups excluding tert-OH is 1. The van der Waals surface area contributed by atoms with Crippen LogP contribution in [0, 0.1) is 0 Å². The summed E-state index contributed by atoms with van der Waals surface area (Å²) < 4.78 is 11.4. The van der Waals surface area contributed by atoms with E-state index in [0.29, 0.717) is 6.61 Å². The standard InChI is InChI=1S/C14H20O3/c15-9-3-6-12-5-1-2-8-14(12)17-13-7-4-10-16-11-13/h1-2,5,8,13,15H,3-4,6-7,9-11H2. The van der Waals surface area contributed by atoms with E-state index in [4.69, 9.17) is 14.6 Å². The molecule has 1 aliphatic rings. The minimum absolute atomic E-state index is 0.180. The van der Waals surface area contributed by atoms with Gasteiger partial charge in [-0.25, -0.2) is 0 Å². The van der Waals surface area contributed by atoms with Crippen molar-refractivity contribution in [3.05, 3.63) is 29.8 Å². The topological polar surface area (TPSA) is 38.7 Å². The Hall–Kier alpha value is -1.06. The van der Waals surface area contributed by atoms with Crippen molar-refractivity contribution in [1.29, 1.82) is 0 Å². The minimum atomic E-state index is 0.180. The first-order valence-corrected chi connectivity index (χ1v) is 6.33. The lowest BCUT2D eigenvalue weighted by atomic mass is 10.1. The van der Waals surface area contributed by atoms with Gasteiger partial charge in [0.1, 0.15) is 11.9 Å². The van der Waals surface area contributed by atoms with Crippen LogP contribution >= 0.6 is 0 Å². The van der Waals surface area contributed by atoms with E-state index in [9.17, 15) is 0 Å². The van der Waals surface area contributed by atoms with Crippen LogP contribution in [-0.4, -0.2) is 31.0 Å². The highest BCUT2D eigenvalue weighted by Crippen LogP contribution is 2.23. The highest BCUT2D eigenvalue weighted by molar-refractivity contribution is 5.33. The Morgan fingerprint density at radius 3 is 3.00 bits per heavy atom. The van der Waals surface area contributed by atoms with Gasteiger partial charge >= 0.3 is 0 Å². The molecule has 0 aromatic heterocycles. The zero-order valence-corrected chi connectivity index (χ0v) is 10.1. The summed E-state index contributed by atoms with van der Waals surface area (Å²) in [5.74, 6) is 0.941. The summed E-state index contributed by atoms with van der Waals surface area (Å²) in [5, 5.41) is 8.88. The zero-order chi connectivity index (χ0) is 11.9. The van der Waals surface area contributed by atoms with Crippen molar-refractivity contribution in [1.82, 2.24) is 0 Å². The van der Waals surface area contributed by atoms with E-state index in [-0.39, 0.29) is 12.7 Å². The van der Waals surface area contributed by atoms with Crippen molar-refractivity contribution >= 4 is 0 Å². The molecule has 0 aliphatic carbocycles. The summed E-state index contributed by atoms with van der Waals surface area (Å²) in [7, 11) is 0. The maximum absolute atomic E-state index is 8.88. The molecule has 1 heterocycles. The van der Waals surface area contributed by atoms with Crippen molar-refractivity contribution in [2.45, 2.75) is 31.8 Å². The quantitative estimate of drug-likeness (QED) is 0.851. The SMILES string of the molecule is OCCCc1ccccc1OC1CCCOC1. The molecule has 1 aliphatic heterocycles. The summed E-state index contributed by atoms with van der Waals surface area (Å²) in [4.78, 5) is 0. The molecule has 0 bridgehead atoms. The second-order valence-corrected chi connectivity index (χ2v) is 4.39. The molecule has 1 unspecified atom stereocenters. The molecular weight excluding hydrogens is 216 g/mol. The number of rotatable bonds is 5. The van der Waals surface area contributed by atoms with Crippen LogP contribution in [0.5, 0.6) is 5.75 Å². The van der Waals surface area contributed by atoms with Crippen molar-refractivity contribution in [3.8, 4) is 5.75 Å². The zero-order valence-electron chi connectivity index (χ0n) is 10.1. The average Bonchev–Trinajstić information content (AvgIpc) is 2.39. The van der Waals surface area contributed by atoms with Gasteiger partial charge in [-0.15, -0.1) is 0 Å². The van der Waals surface area contributed by atoms with E-state index in [1.807, 2.05) is 18.2 Å². The molecule has 3 heteroatoms. The van der Waals surface area contributed by atoms with E-state index in [0.717, 1.165) is 38.0 Å². The first kappa shape index (κ1) is 12.4. The van der Waals surface area contributed by atoms with Gasteiger partial charge in [0.15, 0.2) is 0 Å². The van der Waals surface area contributed by atoms with Crippen molar-refractivity contribution in [2.75, 3.05) is 19.8 Å². The number of hydrogen-bond acceptors (Lipinski definition) is 3. The summed E-state index contributed by atoms with van der Waals surface area (Å²) in [6, 6.07) is 8.06. The number of hydrogen-bond donors (Lipinski definition) is 1. The van der Waals surface area contributed by atoms with E-state index in [1.54, 1.807) is 0 Å². The molecule has 0 saturated carbocycles. The van der Waals surface area contributed by atoms with Crippen LogP contribution < -0.4 is 4.74 Å². The van der Waals surface area contributed by atoms with Crippen LogP contribution in [0.15, 0.2) is 24.3 Å². The molecule has 0 spiro atoms. The summed E-state index contributed by atoms with van der Waals surface area (Å²) >= 11 is 0. The van der Waals surface area contributed by atoms with E-state index >= 15 is 0 Å². The van der Waals surface area contributed by atoms with Crippen LogP contribution in [-0.2, 0) is 11.2 Å². The van der Waals surface area contributed by atoms with Gasteiger partial charge in [0, 0.05) is 13.2 Å². The average molecular weight is 236 g/mol. The van der Waals surface area contributed by atoms with Gasteiger partial charge in [0.2, 0.25) is 0 Å². The predicted molar refractivity (Wildman–Crippen MR) is 66.3 cm³/mol. The van der Waals surface area contributed by atoms with Gasteiger partial charge < -0.3 is 14.6 Å². The number of ether oxygens (including phenoxy) is 2. The van der Waals surface area contributed by atoms with Crippen LogP contribution in [0.2, 0.25) is 0 Å². The Labute approximate surface area is 102 Å². The number of aliphatic hydroxyl groups is 1. The van der Waals surface area contributed by atoms with Crippen molar-refractivity contribution in [2.24, 2.45) is 0 Å². The molecule has 1 fully saturated rings. The lowest BCUT2D eigenvalue weighted by Gasteiger charge is -2.24. The molecule has 1 N–H and O–H groups in total. The van der Waals surface area contributed by atoms with Crippen LogP contribution in [0.4, 0.5) is 0 Å². The largest absolute Gasteiger partial charge is 0.488 e. The Bertz CT molecular complexity index is 332. The summed E-state index contributed by atoms with van der Waals surface area (Å²) in [5.41, 5.74) is 1.17. The predicted octanol–water partition coefficient (Wildman–Crippen LogP) is 2.17. The Kier molecular flexibility index (Phi) is 4.83. The van der Waals surface area contributed by atoms with E-state index in [2.05, 4.69) is 6.07 Å². The number of benzene rings is 1. The Balaban J connectivity index is 1.98. The molecular formula is C14H20O3. The molecule has 1 atom stereocenters. The highest BCUT2D eigenvalue weighted by atomic mass is 16.5. The van der Waals surface area contributed by atoms with Crippen molar-refractivity contribution in [3.63, 3.8) is 0 Å². The van der Waals surface area contributed by atoms with Gasteiger partial charge in [-0.1, -0.05) is 18.2 Å². The minimum Gasteiger partial charge on any atom is -0.488 e. The van der Waals surface area contributed by atoms with Gasteiger partial charge in [-0.05, 0) is 37.3 Å². The molecule has 0 amide bonds. The lowest BCUT2D eigenvalue weighted by molar-refractivity contribution is 0.00702. The fourth-order valence-electron chi connectivity index (χ4n) is 2.08. The first-order chi connectivity index (χ1) is 8.40. The van der Waals surface area contributed by atoms with Crippen LogP contribution in [0.25, 0.3) is 0 Å². The summed E-state index contributed by atoms with van der Waals surface area (Å²) in [6.45, 7) is 1.77. The number of para-hydroxylation sites is 1. The third-order valence-corrected chi connectivity index (χ3v) is 2.99. The fraction of sp³-hybridized carbons (Fsp3) is 0.571. The smallest absolute Gasteiger partial charge is 0.123 e. The van der Waals surface area contributed by atoms with Gasteiger partial charge in [0.05, 0.1) is 6.61 Å². The third kappa shape index (κ3) is 3.72. The normalized spacial score (nSPS) is 20.2. The van der Waals surface area contributed by atoms with Crippen molar-refractivity contribution < 1.29 is 14.6 Å². The molecule has 94 valence electrons. The number of aryl methyl sites for hydroxylation is 1. The highest BCUT2D eigenvalue weighted by Gasteiger charge is 2.16. The molecule has 1 aromatic rings. The Morgan fingerprint density at radius 2 is 2.24 bits per heavy atom. The fourth-order valence-corrected chi connectivity index (χ4v) is 2.08. The third-order valence-electron chi connectivity index (χ3n) is 2.99. The molecule has 1 saturated heterocycles. The maximum atomic E-state index is 8.88. The second kappa shape index (κ2) is 6.62. The van der Waals surface area contributed by atoms with Crippen LogP contribution in [0.1, 0.15) is 24.8 Å². The molecule has 2 rings (SSSR count). The Morgan fingerprint density at radius 1 is 1.35 bits per heavy atom. The van der Waals surface area contributed by atoms with Gasteiger partial charge in [-0.3, -0.25) is 0 Å². The van der Waals surface area contributed by atoms with Gasteiger partial charge in [-0.2, -0.15) is 0 Å². The second-order valence-electron chi connectivity index (χ2n) is 4.39. The molecule has 0 radical (unpaired) electrons. The maximum Gasteiger partial charge on any atom is 0.123 e. The van der Waals surface area contributed by atoms with E-state index in [1.165, 1.54) is 5.56 Å². The van der Waals surface area contributed by atoms with E-state index < -0.39 is 0 Å².